The maximum atomic E-state index is 13.6. The average Bonchev–Trinajstić information content (AvgIpc) is 3.84. The van der Waals surface area contributed by atoms with Crippen LogP contribution >= 0.6 is 0 Å². The molecule has 312 valence electrons. The number of rotatable bonds is 17. The molecule has 0 saturated carbocycles. The van der Waals surface area contributed by atoms with Crippen LogP contribution in [0, 0.1) is 0 Å². The van der Waals surface area contributed by atoms with Gasteiger partial charge in [-0.2, -0.15) is 23.4 Å². The molecule has 0 radical (unpaired) electrons. The molecular weight excluding hydrogens is 770 g/mol. The molecule has 2 aromatic carbocycles. The largest absolute Gasteiger partial charge is 0.481 e. The SMILES string of the molecule is CC.O=C(O)CCC(=O)CCC(=O)NCCCCCCn1cc2cc(-c3cc(-c4ccc(NC(=O)N5Cc6ccncc6C5)cc4)nn(CC(F)(F)F)c3=O)ccc2n1. The molecule has 3 amide bonds. The summed E-state index contributed by atoms with van der Waals surface area (Å²) in [6.45, 7) is 4.37. The van der Waals surface area contributed by atoms with E-state index in [1.807, 2.05) is 26.1 Å². The van der Waals surface area contributed by atoms with Gasteiger partial charge in [0.05, 0.1) is 23.2 Å². The monoisotopic (exact) mass is 816 g/mol. The molecule has 1 aliphatic rings. The lowest BCUT2D eigenvalue weighted by molar-refractivity contribution is -0.143. The zero-order valence-corrected chi connectivity index (χ0v) is 32.9. The van der Waals surface area contributed by atoms with Gasteiger partial charge < -0.3 is 20.6 Å². The topological polar surface area (TPSA) is 181 Å². The van der Waals surface area contributed by atoms with E-state index in [9.17, 15) is 37.1 Å². The fourth-order valence-corrected chi connectivity index (χ4v) is 6.51. The first-order valence-electron chi connectivity index (χ1n) is 19.6. The number of carbonyl (C=O) groups is 4. The fraction of sp³-hybridized carbons (Fsp3) is 0.381. The van der Waals surface area contributed by atoms with Crippen LogP contribution in [0.3, 0.4) is 0 Å². The molecule has 4 heterocycles. The third-order valence-electron chi connectivity index (χ3n) is 9.50. The second-order valence-electron chi connectivity index (χ2n) is 13.9. The highest BCUT2D eigenvalue weighted by Gasteiger charge is 2.30. The first-order chi connectivity index (χ1) is 28.3. The number of carboxylic acids is 1. The number of hydrogen-bond donors (Lipinski definition) is 3. The number of aliphatic carboxylic acids is 1. The number of halogens is 3. The van der Waals surface area contributed by atoms with Crippen molar-refractivity contribution in [2.75, 3.05) is 11.9 Å². The molecular formula is C42H47F3N8O6. The normalized spacial score (nSPS) is 12.1. The number of carbonyl (C=O) groups excluding carboxylic acids is 3. The zero-order valence-electron chi connectivity index (χ0n) is 32.9. The number of anilines is 1. The summed E-state index contributed by atoms with van der Waals surface area (Å²) in [4.78, 5) is 66.3. The molecule has 0 saturated heterocycles. The smallest absolute Gasteiger partial charge is 0.408 e. The Balaban J connectivity index is 0.00000326. The van der Waals surface area contributed by atoms with Crippen molar-refractivity contribution in [2.24, 2.45) is 0 Å². The van der Waals surface area contributed by atoms with Gasteiger partial charge in [0.15, 0.2) is 0 Å². The molecule has 6 rings (SSSR count). The Morgan fingerprint density at radius 3 is 2.27 bits per heavy atom. The minimum atomic E-state index is -4.70. The zero-order chi connectivity index (χ0) is 42.5. The van der Waals surface area contributed by atoms with Crippen molar-refractivity contribution in [3.05, 3.63) is 94.7 Å². The minimum Gasteiger partial charge on any atom is -0.481 e. The molecule has 5 aromatic rings. The van der Waals surface area contributed by atoms with Crippen LogP contribution in [0.4, 0.5) is 23.7 Å². The van der Waals surface area contributed by atoms with Crippen LogP contribution in [-0.4, -0.2) is 71.0 Å². The Hall–Kier alpha value is -6.39. The molecule has 17 heteroatoms. The lowest BCUT2D eigenvalue weighted by atomic mass is 10.0. The number of urea groups is 1. The van der Waals surface area contributed by atoms with E-state index in [1.54, 1.807) is 64.4 Å². The summed E-state index contributed by atoms with van der Waals surface area (Å²) in [6, 6.07) is 14.6. The predicted molar refractivity (Wildman–Crippen MR) is 215 cm³/mol. The van der Waals surface area contributed by atoms with Crippen molar-refractivity contribution < 1.29 is 37.5 Å². The molecule has 14 nitrogen and oxygen atoms in total. The van der Waals surface area contributed by atoms with Gasteiger partial charge in [0.2, 0.25) is 5.91 Å². The molecule has 0 unspecified atom stereocenters. The predicted octanol–water partition coefficient (Wildman–Crippen LogP) is 7.35. The summed E-state index contributed by atoms with van der Waals surface area (Å²) in [5.41, 5.74) is 3.27. The number of nitrogens with one attached hydrogen (secondary N) is 2. The van der Waals surface area contributed by atoms with Crippen LogP contribution in [0.25, 0.3) is 33.3 Å². The second-order valence-corrected chi connectivity index (χ2v) is 13.9. The van der Waals surface area contributed by atoms with E-state index >= 15 is 0 Å². The summed E-state index contributed by atoms with van der Waals surface area (Å²) < 4.78 is 43.0. The van der Waals surface area contributed by atoms with Crippen molar-refractivity contribution in [3.8, 4) is 22.4 Å². The Bertz CT molecular complexity index is 2300. The quantitative estimate of drug-likeness (QED) is 0.0809. The van der Waals surface area contributed by atoms with Crippen LogP contribution < -0.4 is 16.2 Å². The van der Waals surface area contributed by atoms with Crippen molar-refractivity contribution in [1.82, 2.24) is 34.8 Å². The molecule has 59 heavy (non-hydrogen) atoms. The number of ketones is 1. The van der Waals surface area contributed by atoms with Gasteiger partial charge in [-0.3, -0.25) is 28.8 Å². The Morgan fingerprint density at radius 2 is 1.54 bits per heavy atom. The standard InChI is InChI=1S/C40H41F3N8O6.C2H6/c41-40(42,43)25-51-38(56)33(20-35(48-51)26-5-8-31(9-6-26)46-39(57)49-22-28-15-17-44-21-30(28)23-49)27-7-12-34-29(19-27)24-50(47-34)18-4-2-1-3-16-45-36(53)13-10-32(52)11-14-37(54)55;1-2/h5-9,12,15,17,19-21,24H,1-4,10-11,13-14,16,18,22-23,25H2,(H,45,53)(H,46,57)(H,54,55);1-2H3. The lowest BCUT2D eigenvalue weighted by Crippen LogP contribution is -2.31. The molecule has 0 spiro atoms. The molecule has 3 N–H and O–H groups in total. The Labute approximate surface area is 338 Å². The number of nitrogens with zero attached hydrogens (tertiary/aromatic N) is 6. The molecule has 0 aliphatic carbocycles. The van der Waals surface area contributed by atoms with Crippen LogP contribution in [-0.2, 0) is 40.6 Å². The number of hydrogen-bond acceptors (Lipinski definition) is 8. The van der Waals surface area contributed by atoms with Crippen molar-refractivity contribution in [2.45, 2.75) is 97.6 Å². The Morgan fingerprint density at radius 1 is 0.831 bits per heavy atom. The van der Waals surface area contributed by atoms with Gasteiger partial charge in [0.25, 0.3) is 5.56 Å². The van der Waals surface area contributed by atoms with E-state index in [0.29, 0.717) is 58.6 Å². The number of unbranched alkanes of at least 4 members (excludes halogenated alkanes) is 3. The van der Waals surface area contributed by atoms with Gasteiger partial charge in [0, 0.05) is 80.7 Å². The van der Waals surface area contributed by atoms with E-state index in [0.717, 1.165) is 36.8 Å². The lowest BCUT2D eigenvalue weighted by Gasteiger charge is -2.17. The number of aromatic nitrogens is 5. The number of fused-ring (bicyclic) bond motifs is 2. The summed E-state index contributed by atoms with van der Waals surface area (Å²) in [6.07, 6.45) is 3.52. The number of pyridine rings is 1. The van der Waals surface area contributed by atoms with E-state index in [2.05, 4.69) is 25.8 Å². The van der Waals surface area contributed by atoms with Gasteiger partial charge in [-0.15, -0.1) is 0 Å². The second kappa shape index (κ2) is 20.3. The summed E-state index contributed by atoms with van der Waals surface area (Å²) in [7, 11) is 0. The first kappa shape index (κ1) is 43.7. The van der Waals surface area contributed by atoms with Crippen LogP contribution in [0.15, 0.2) is 78.0 Å². The van der Waals surface area contributed by atoms with E-state index in [4.69, 9.17) is 5.11 Å². The van der Waals surface area contributed by atoms with E-state index in [-0.39, 0.29) is 54.7 Å². The summed E-state index contributed by atoms with van der Waals surface area (Å²) in [5, 5.41) is 23.6. The van der Waals surface area contributed by atoms with Crippen molar-refractivity contribution >= 4 is 40.3 Å². The van der Waals surface area contributed by atoms with E-state index in [1.165, 1.54) is 6.07 Å². The molecule has 1 aliphatic heterocycles. The Kier molecular flexibility index (Phi) is 15.1. The maximum Gasteiger partial charge on any atom is 0.408 e. The van der Waals surface area contributed by atoms with Gasteiger partial charge in [-0.25, -0.2) is 9.48 Å². The van der Waals surface area contributed by atoms with Crippen LogP contribution in [0.5, 0.6) is 0 Å². The van der Waals surface area contributed by atoms with Crippen LogP contribution in [0.2, 0.25) is 0 Å². The van der Waals surface area contributed by atoms with Gasteiger partial charge in [0.1, 0.15) is 12.3 Å². The number of Topliss-reactive ketones (excluding diaryl/α,β-unsaturated/α-hetero) is 1. The fourth-order valence-electron chi connectivity index (χ4n) is 6.51. The minimum absolute atomic E-state index is 0.0187. The molecule has 0 bridgehead atoms. The van der Waals surface area contributed by atoms with Gasteiger partial charge >= 0.3 is 18.2 Å². The summed E-state index contributed by atoms with van der Waals surface area (Å²) in [5.74, 6) is -1.55. The highest BCUT2D eigenvalue weighted by molar-refractivity contribution is 5.90. The highest BCUT2D eigenvalue weighted by atomic mass is 19.4. The van der Waals surface area contributed by atoms with E-state index < -0.39 is 24.2 Å². The third kappa shape index (κ3) is 12.5. The van der Waals surface area contributed by atoms with Crippen LogP contribution in [0.1, 0.15) is 76.3 Å². The third-order valence-corrected chi connectivity index (χ3v) is 9.50. The number of aryl methyl sites for hydroxylation is 1. The number of amides is 3. The van der Waals surface area contributed by atoms with Gasteiger partial charge in [-0.1, -0.05) is 44.9 Å². The molecule has 0 atom stereocenters. The molecule has 0 fully saturated rings. The highest BCUT2D eigenvalue weighted by Crippen LogP contribution is 2.28. The number of carboxylic acid groups (broad SMARTS) is 1. The number of alkyl halides is 3. The molecule has 3 aromatic heterocycles. The van der Waals surface area contributed by atoms with Crippen molar-refractivity contribution in [1.29, 1.82) is 0 Å². The van der Waals surface area contributed by atoms with Crippen molar-refractivity contribution in [3.63, 3.8) is 0 Å². The maximum absolute atomic E-state index is 13.6. The first-order valence-corrected chi connectivity index (χ1v) is 19.6. The van der Waals surface area contributed by atoms with Gasteiger partial charge in [-0.05, 0) is 65.9 Å². The number of benzene rings is 2. The average molecular weight is 817 g/mol. The summed E-state index contributed by atoms with van der Waals surface area (Å²) >= 11 is 0.